The summed E-state index contributed by atoms with van der Waals surface area (Å²) < 4.78 is 26.3. The highest BCUT2D eigenvalue weighted by atomic mass is 35.5. The molecule has 1 aliphatic heterocycles. The third-order valence-electron chi connectivity index (χ3n) is 5.88. The van der Waals surface area contributed by atoms with E-state index in [2.05, 4.69) is 5.32 Å². The molecule has 0 unspecified atom stereocenters. The van der Waals surface area contributed by atoms with Crippen LogP contribution < -0.4 is 5.32 Å². The summed E-state index contributed by atoms with van der Waals surface area (Å²) in [6.45, 7) is 5.26. The predicted molar refractivity (Wildman–Crippen MR) is 129 cm³/mol. The van der Waals surface area contributed by atoms with Crippen LogP contribution in [0.4, 0.5) is 0 Å². The van der Waals surface area contributed by atoms with Crippen LogP contribution in [-0.4, -0.2) is 54.0 Å². The van der Waals surface area contributed by atoms with Crippen molar-refractivity contribution in [2.45, 2.75) is 57.1 Å². The Kier molecular flexibility index (Phi) is 7.99. The molecule has 0 fully saturated rings. The number of hydrogen-bond donors (Lipinski definition) is 1. The molecule has 0 saturated carbocycles. The van der Waals surface area contributed by atoms with Gasteiger partial charge in [-0.3, -0.25) is 14.4 Å². The third-order valence-corrected chi connectivity index (χ3v) is 7.97. The molecule has 0 aliphatic carbocycles. The maximum atomic E-state index is 13.3. The monoisotopic (exact) mass is 505 g/mol. The van der Waals surface area contributed by atoms with E-state index in [9.17, 15) is 22.8 Å². The zero-order chi connectivity index (χ0) is 25.0. The standard InChI is InChI=1S/C24H28ClN3O5S/c1-4-16(2)26-23(30)17(3)27(15-18-9-11-19(25)12-10-18)22(29)13-14-28-24(31)20-7-5-6-8-21(20)34(28,32)33/h5-12,16-17H,4,13-15H2,1-3H3,(H,26,30)/t16-,17-/m0/s1. The number of amides is 3. The van der Waals surface area contributed by atoms with Crippen molar-refractivity contribution in [2.24, 2.45) is 0 Å². The van der Waals surface area contributed by atoms with Crippen LogP contribution in [0.25, 0.3) is 0 Å². The second-order valence-electron chi connectivity index (χ2n) is 8.27. The summed E-state index contributed by atoms with van der Waals surface area (Å²) in [4.78, 5) is 40.0. The van der Waals surface area contributed by atoms with E-state index in [1.54, 1.807) is 43.3 Å². The van der Waals surface area contributed by atoms with Crippen LogP contribution in [0.5, 0.6) is 0 Å². The number of carbonyl (C=O) groups excluding carboxylic acids is 3. The molecule has 0 spiro atoms. The minimum absolute atomic E-state index is 0.0618. The molecule has 10 heteroatoms. The quantitative estimate of drug-likeness (QED) is 0.563. The molecule has 3 amide bonds. The number of halogens is 1. The van der Waals surface area contributed by atoms with Crippen LogP contribution in [0.2, 0.25) is 5.02 Å². The fraction of sp³-hybridized carbons (Fsp3) is 0.375. The van der Waals surface area contributed by atoms with Crippen molar-refractivity contribution < 1.29 is 22.8 Å². The van der Waals surface area contributed by atoms with Crippen LogP contribution in [0.1, 0.15) is 49.5 Å². The van der Waals surface area contributed by atoms with E-state index in [0.29, 0.717) is 5.02 Å². The largest absolute Gasteiger partial charge is 0.352 e. The van der Waals surface area contributed by atoms with Crippen molar-refractivity contribution in [3.8, 4) is 0 Å². The Hall–Kier alpha value is -2.91. The van der Waals surface area contributed by atoms with Gasteiger partial charge in [0.1, 0.15) is 10.9 Å². The first-order valence-corrected chi connectivity index (χ1v) is 12.9. The van der Waals surface area contributed by atoms with Crippen molar-refractivity contribution >= 4 is 39.3 Å². The molecule has 0 radical (unpaired) electrons. The first kappa shape index (κ1) is 25.7. The van der Waals surface area contributed by atoms with Crippen LogP contribution in [0.15, 0.2) is 53.4 Å². The minimum Gasteiger partial charge on any atom is -0.352 e. The number of hydrogen-bond acceptors (Lipinski definition) is 5. The SMILES string of the molecule is CC[C@H](C)NC(=O)[C@H](C)N(Cc1ccc(Cl)cc1)C(=O)CCN1C(=O)c2ccccc2S1(=O)=O. The molecular formula is C24H28ClN3O5S. The lowest BCUT2D eigenvalue weighted by Crippen LogP contribution is -2.50. The van der Waals surface area contributed by atoms with Gasteiger partial charge in [0, 0.05) is 30.6 Å². The van der Waals surface area contributed by atoms with E-state index in [4.69, 9.17) is 11.6 Å². The Bertz CT molecular complexity index is 1180. The predicted octanol–water partition coefficient (Wildman–Crippen LogP) is 3.21. The summed E-state index contributed by atoms with van der Waals surface area (Å²) in [6.07, 6.45) is 0.479. The highest BCUT2D eigenvalue weighted by molar-refractivity contribution is 7.90. The Labute approximate surface area is 204 Å². The number of fused-ring (bicyclic) bond motifs is 1. The average molecular weight is 506 g/mol. The van der Waals surface area contributed by atoms with Gasteiger partial charge < -0.3 is 10.2 Å². The summed E-state index contributed by atoms with van der Waals surface area (Å²) in [5.41, 5.74) is 0.854. The summed E-state index contributed by atoms with van der Waals surface area (Å²) in [5, 5.41) is 3.42. The highest BCUT2D eigenvalue weighted by Gasteiger charge is 2.41. The van der Waals surface area contributed by atoms with Crippen LogP contribution in [0, 0.1) is 0 Å². The fourth-order valence-corrected chi connectivity index (χ4v) is 5.32. The van der Waals surface area contributed by atoms with Gasteiger partial charge in [-0.25, -0.2) is 12.7 Å². The minimum atomic E-state index is -4.02. The molecule has 2 atom stereocenters. The topological polar surface area (TPSA) is 104 Å². The molecule has 0 saturated heterocycles. The van der Waals surface area contributed by atoms with E-state index >= 15 is 0 Å². The van der Waals surface area contributed by atoms with Gasteiger partial charge in [0.05, 0.1) is 5.56 Å². The number of benzene rings is 2. The van der Waals surface area contributed by atoms with E-state index in [-0.39, 0.29) is 41.9 Å². The molecule has 0 bridgehead atoms. The molecule has 1 aliphatic rings. The molecule has 182 valence electrons. The van der Waals surface area contributed by atoms with Gasteiger partial charge in [-0.1, -0.05) is 42.8 Å². The molecular weight excluding hydrogens is 478 g/mol. The number of rotatable bonds is 9. The number of nitrogens with one attached hydrogen (secondary N) is 1. The van der Waals surface area contributed by atoms with E-state index in [1.807, 2.05) is 13.8 Å². The second kappa shape index (κ2) is 10.6. The molecule has 3 rings (SSSR count). The molecule has 8 nitrogen and oxygen atoms in total. The van der Waals surface area contributed by atoms with Gasteiger partial charge in [0.25, 0.3) is 15.9 Å². The van der Waals surface area contributed by atoms with Crippen LogP contribution in [0.3, 0.4) is 0 Å². The maximum Gasteiger partial charge on any atom is 0.269 e. The van der Waals surface area contributed by atoms with E-state index in [1.165, 1.54) is 17.0 Å². The summed E-state index contributed by atoms with van der Waals surface area (Å²) in [6, 6.07) is 12.0. The lowest BCUT2D eigenvalue weighted by Gasteiger charge is -2.30. The molecule has 1 heterocycles. The van der Waals surface area contributed by atoms with Crippen molar-refractivity contribution in [3.05, 3.63) is 64.7 Å². The smallest absolute Gasteiger partial charge is 0.269 e. The number of nitrogens with zero attached hydrogens (tertiary/aromatic N) is 2. The Morgan fingerprint density at radius 2 is 1.74 bits per heavy atom. The van der Waals surface area contributed by atoms with Gasteiger partial charge in [-0.05, 0) is 50.1 Å². The first-order valence-electron chi connectivity index (χ1n) is 11.1. The van der Waals surface area contributed by atoms with E-state index < -0.39 is 27.9 Å². The summed E-state index contributed by atoms with van der Waals surface area (Å²) in [5.74, 6) is -1.41. The van der Waals surface area contributed by atoms with Crippen molar-refractivity contribution in [1.29, 1.82) is 0 Å². The highest BCUT2D eigenvalue weighted by Crippen LogP contribution is 2.30. The Balaban J connectivity index is 1.79. The normalized spacial score (nSPS) is 16.0. The van der Waals surface area contributed by atoms with Crippen molar-refractivity contribution in [2.75, 3.05) is 6.54 Å². The molecule has 2 aromatic carbocycles. The van der Waals surface area contributed by atoms with Crippen LogP contribution >= 0.6 is 11.6 Å². The number of sulfonamides is 1. The number of carbonyl (C=O) groups is 3. The second-order valence-corrected chi connectivity index (χ2v) is 10.5. The Morgan fingerprint density at radius 3 is 2.35 bits per heavy atom. The maximum absolute atomic E-state index is 13.3. The molecule has 0 aromatic heterocycles. The van der Waals surface area contributed by atoms with Gasteiger partial charge in [-0.2, -0.15) is 0 Å². The fourth-order valence-electron chi connectivity index (χ4n) is 3.63. The van der Waals surface area contributed by atoms with Crippen molar-refractivity contribution in [3.63, 3.8) is 0 Å². The van der Waals surface area contributed by atoms with Gasteiger partial charge in [-0.15, -0.1) is 0 Å². The lowest BCUT2D eigenvalue weighted by atomic mass is 10.1. The third kappa shape index (κ3) is 5.42. The zero-order valence-corrected chi connectivity index (χ0v) is 20.9. The lowest BCUT2D eigenvalue weighted by molar-refractivity contribution is -0.140. The van der Waals surface area contributed by atoms with Crippen LogP contribution in [-0.2, 0) is 26.2 Å². The average Bonchev–Trinajstić information content (AvgIpc) is 3.01. The van der Waals surface area contributed by atoms with Gasteiger partial charge >= 0.3 is 0 Å². The zero-order valence-electron chi connectivity index (χ0n) is 19.3. The summed E-state index contributed by atoms with van der Waals surface area (Å²) >= 11 is 5.96. The molecule has 1 N–H and O–H groups in total. The van der Waals surface area contributed by atoms with Crippen molar-refractivity contribution in [1.82, 2.24) is 14.5 Å². The first-order chi connectivity index (χ1) is 16.1. The molecule has 2 aromatic rings. The molecule has 34 heavy (non-hydrogen) atoms. The summed E-state index contributed by atoms with van der Waals surface area (Å²) in [7, 11) is -4.02. The van der Waals surface area contributed by atoms with E-state index in [0.717, 1.165) is 16.3 Å². The van der Waals surface area contributed by atoms with Gasteiger partial charge in [0.2, 0.25) is 11.8 Å². The Morgan fingerprint density at radius 1 is 1.09 bits per heavy atom. The van der Waals surface area contributed by atoms with Gasteiger partial charge in [0.15, 0.2) is 0 Å².